The summed E-state index contributed by atoms with van der Waals surface area (Å²) in [6, 6.07) is 10.9. The molecule has 5 nitrogen and oxygen atoms in total. The molecule has 0 bridgehead atoms. The van der Waals surface area contributed by atoms with Crippen molar-refractivity contribution in [3.63, 3.8) is 0 Å². The molecule has 1 aliphatic carbocycles. The van der Waals surface area contributed by atoms with Crippen LogP contribution in [0.3, 0.4) is 0 Å². The van der Waals surface area contributed by atoms with Gasteiger partial charge in [0.15, 0.2) is 0 Å². The maximum Gasteiger partial charge on any atom is 0.264 e. The molecule has 2 aromatic carbocycles. The SMILES string of the molecule is O=C(Nc1ccc(NS(=O)(=O)c2c(Cl)cccc2Cl)cc1)C1CC=CCC1. The monoisotopic (exact) mass is 424 g/mol. The van der Waals surface area contributed by atoms with Crippen molar-refractivity contribution in [3.05, 3.63) is 64.7 Å². The number of amides is 1. The highest BCUT2D eigenvalue weighted by Gasteiger charge is 2.22. The number of allylic oxidation sites excluding steroid dienone is 2. The van der Waals surface area contributed by atoms with Crippen molar-refractivity contribution in [2.75, 3.05) is 10.0 Å². The molecule has 8 heteroatoms. The minimum atomic E-state index is -3.94. The molecule has 3 rings (SSSR count). The Labute approximate surface area is 168 Å². The van der Waals surface area contributed by atoms with Gasteiger partial charge in [-0.1, -0.05) is 41.4 Å². The highest BCUT2D eigenvalue weighted by atomic mass is 35.5. The third kappa shape index (κ3) is 4.83. The molecule has 0 saturated carbocycles. The van der Waals surface area contributed by atoms with Crippen LogP contribution in [0, 0.1) is 5.92 Å². The van der Waals surface area contributed by atoms with Gasteiger partial charge in [-0.3, -0.25) is 9.52 Å². The minimum absolute atomic E-state index is 0.0319. The molecule has 0 spiro atoms. The van der Waals surface area contributed by atoms with Crippen LogP contribution in [0.2, 0.25) is 10.0 Å². The number of hydrogen-bond donors (Lipinski definition) is 2. The topological polar surface area (TPSA) is 75.3 Å². The van der Waals surface area contributed by atoms with E-state index in [2.05, 4.69) is 16.1 Å². The molecule has 1 amide bonds. The van der Waals surface area contributed by atoms with Crippen LogP contribution in [0.5, 0.6) is 0 Å². The second-order valence-electron chi connectivity index (χ2n) is 6.20. The van der Waals surface area contributed by atoms with Gasteiger partial charge in [0, 0.05) is 17.3 Å². The Hall–Kier alpha value is -2.02. The van der Waals surface area contributed by atoms with Crippen LogP contribution in [-0.2, 0) is 14.8 Å². The van der Waals surface area contributed by atoms with Gasteiger partial charge >= 0.3 is 0 Å². The summed E-state index contributed by atoms with van der Waals surface area (Å²) in [5.74, 6) is -0.0638. The Balaban J connectivity index is 1.70. The van der Waals surface area contributed by atoms with Gasteiger partial charge in [0.05, 0.1) is 10.0 Å². The molecular formula is C19H18Cl2N2O3S. The summed E-state index contributed by atoms with van der Waals surface area (Å²) in [6.45, 7) is 0. The van der Waals surface area contributed by atoms with Crippen molar-refractivity contribution >= 4 is 50.5 Å². The Morgan fingerprint density at radius 3 is 2.19 bits per heavy atom. The zero-order chi connectivity index (χ0) is 19.4. The fourth-order valence-corrected chi connectivity index (χ4v) is 5.05. The standard InChI is InChI=1S/C19H18Cl2N2O3S/c20-16-7-4-8-17(21)18(16)27(25,26)23-15-11-9-14(10-12-15)22-19(24)13-5-2-1-3-6-13/h1-2,4,7-13,23H,3,5-6H2,(H,22,24). The van der Waals surface area contributed by atoms with Gasteiger partial charge in [-0.05, 0) is 55.7 Å². The third-order valence-electron chi connectivity index (χ3n) is 4.23. The fraction of sp³-hybridized carbons (Fsp3) is 0.211. The summed E-state index contributed by atoms with van der Waals surface area (Å²) >= 11 is 12.0. The van der Waals surface area contributed by atoms with Crippen LogP contribution < -0.4 is 10.0 Å². The molecule has 1 unspecified atom stereocenters. The zero-order valence-corrected chi connectivity index (χ0v) is 16.6. The molecule has 1 aliphatic rings. The largest absolute Gasteiger partial charge is 0.326 e. The van der Waals surface area contributed by atoms with E-state index in [4.69, 9.17) is 23.2 Å². The molecule has 0 aromatic heterocycles. The van der Waals surface area contributed by atoms with E-state index in [1.54, 1.807) is 30.3 Å². The van der Waals surface area contributed by atoms with Crippen LogP contribution in [-0.4, -0.2) is 14.3 Å². The molecule has 142 valence electrons. The molecule has 0 saturated heterocycles. The van der Waals surface area contributed by atoms with Crippen molar-refractivity contribution in [2.45, 2.75) is 24.2 Å². The van der Waals surface area contributed by atoms with Crippen molar-refractivity contribution in [2.24, 2.45) is 5.92 Å². The van der Waals surface area contributed by atoms with Gasteiger partial charge in [0.2, 0.25) is 5.91 Å². The summed E-state index contributed by atoms with van der Waals surface area (Å²) in [5.41, 5.74) is 0.942. The summed E-state index contributed by atoms with van der Waals surface area (Å²) in [6.07, 6.45) is 6.58. The van der Waals surface area contributed by atoms with Crippen LogP contribution in [0.1, 0.15) is 19.3 Å². The molecule has 0 aliphatic heterocycles. The maximum absolute atomic E-state index is 12.6. The number of benzene rings is 2. The van der Waals surface area contributed by atoms with Crippen molar-refractivity contribution < 1.29 is 13.2 Å². The second kappa shape index (κ2) is 8.33. The molecule has 27 heavy (non-hydrogen) atoms. The fourth-order valence-electron chi connectivity index (χ4n) is 2.84. The Morgan fingerprint density at radius 2 is 1.59 bits per heavy atom. The number of nitrogens with one attached hydrogen (secondary N) is 2. The van der Waals surface area contributed by atoms with Gasteiger partial charge in [-0.25, -0.2) is 8.42 Å². The Bertz CT molecular complexity index is 953. The lowest BCUT2D eigenvalue weighted by Gasteiger charge is -2.17. The predicted octanol–water partition coefficient (Wildman–Crippen LogP) is 5.09. The zero-order valence-electron chi connectivity index (χ0n) is 14.3. The number of rotatable bonds is 5. The predicted molar refractivity (Wildman–Crippen MR) is 109 cm³/mol. The normalized spacial score (nSPS) is 16.7. The number of carbonyl (C=O) groups is 1. The van der Waals surface area contributed by atoms with Gasteiger partial charge in [-0.15, -0.1) is 0 Å². The summed E-state index contributed by atoms with van der Waals surface area (Å²) in [4.78, 5) is 12.1. The number of halogens is 2. The lowest BCUT2D eigenvalue weighted by molar-refractivity contribution is -0.120. The summed E-state index contributed by atoms with van der Waals surface area (Å²) in [7, 11) is -3.94. The average Bonchev–Trinajstić information content (AvgIpc) is 2.63. The Kier molecular flexibility index (Phi) is 6.09. The van der Waals surface area contributed by atoms with E-state index in [0.717, 1.165) is 19.3 Å². The molecule has 1 atom stereocenters. The highest BCUT2D eigenvalue weighted by molar-refractivity contribution is 7.93. The van der Waals surface area contributed by atoms with E-state index in [1.807, 2.05) is 6.08 Å². The van der Waals surface area contributed by atoms with E-state index < -0.39 is 10.0 Å². The number of hydrogen-bond acceptors (Lipinski definition) is 3. The summed E-state index contributed by atoms with van der Waals surface area (Å²) in [5, 5.41) is 2.94. The van der Waals surface area contributed by atoms with Gasteiger partial charge in [-0.2, -0.15) is 0 Å². The molecule has 0 fully saturated rings. The first kappa shape index (κ1) is 19.7. The second-order valence-corrected chi connectivity index (χ2v) is 8.64. The van der Waals surface area contributed by atoms with Crippen molar-refractivity contribution in [1.82, 2.24) is 0 Å². The molecule has 2 N–H and O–H groups in total. The molecule has 2 aromatic rings. The molecule has 0 heterocycles. The van der Waals surface area contributed by atoms with Gasteiger partial charge in [0.1, 0.15) is 4.90 Å². The van der Waals surface area contributed by atoms with Crippen molar-refractivity contribution in [3.8, 4) is 0 Å². The van der Waals surface area contributed by atoms with E-state index in [1.165, 1.54) is 12.1 Å². The van der Waals surface area contributed by atoms with Gasteiger partial charge in [0.25, 0.3) is 10.0 Å². The molecular weight excluding hydrogens is 407 g/mol. The third-order valence-corrected chi connectivity index (χ3v) is 6.57. The van der Waals surface area contributed by atoms with Crippen LogP contribution in [0.4, 0.5) is 11.4 Å². The lowest BCUT2D eigenvalue weighted by atomic mass is 9.93. The van der Waals surface area contributed by atoms with Gasteiger partial charge < -0.3 is 5.32 Å². The number of carbonyl (C=O) groups excluding carboxylic acids is 1. The lowest BCUT2D eigenvalue weighted by Crippen LogP contribution is -2.23. The first-order valence-electron chi connectivity index (χ1n) is 8.39. The Morgan fingerprint density at radius 1 is 0.963 bits per heavy atom. The molecule has 0 radical (unpaired) electrons. The summed E-state index contributed by atoms with van der Waals surface area (Å²) < 4.78 is 27.6. The van der Waals surface area contributed by atoms with E-state index in [0.29, 0.717) is 11.4 Å². The van der Waals surface area contributed by atoms with Crippen LogP contribution in [0.15, 0.2) is 59.5 Å². The maximum atomic E-state index is 12.6. The quantitative estimate of drug-likeness (QED) is 0.656. The first-order valence-corrected chi connectivity index (χ1v) is 10.6. The van der Waals surface area contributed by atoms with E-state index >= 15 is 0 Å². The first-order chi connectivity index (χ1) is 12.9. The van der Waals surface area contributed by atoms with E-state index in [9.17, 15) is 13.2 Å². The minimum Gasteiger partial charge on any atom is -0.326 e. The smallest absolute Gasteiger partial charge is 0.264 e. The average molecular weight is 425 g/mol. The highest BCUT2D eigenvalue weighted by Crippen LogP contribution is 2.30. The van der Waals surface area contributed by atoms with Crippen LogP contribution in [0.25, 0.3) is 0 Å². The van der Waals surface area contributed by atoms with Crippen molar-refractivity contribution in [1.29, 1.82) is 0 Å². The van der Waals surface area contributed by atoms with E-state index in [-0.39, 0.29) is 26.8 Å². The number of sulfonamides is 1. The van der Waals surface area contributed by atoms with Crippen LogP contribution >= 0.6 is 23.2 Å². The number of anilines is 2.